The third kappa shape index (κ3) is 11.0. The molecule has 0 radical (unpaired) electrons. The molecule has 2 nitrogen and oxygen atoms in total. The van der Waals surface area contributed by atoms with Crippen LogP contribution in [0.4, 0.5) is 0 Å². The monoisotopic (exact) mass is 266 g/mol. The van der Waals surface area contributed by atoms with Crippen LogP contribution in [0, 0.1) is 11.8 Å². The lowest BCUT2D eigenvalue weighted by Crippen LogP contribution is -2.01. The molecule has 0 amide bonds. The van der Waals surface area contributed by atoms with Crippen LogP contribution in [0.5, 0.6) is 0 Å². The third-order valence-corrected chi connectivity index (χ3v) is 3.70. The molecule has 112 valence electrons. The first kappa shape index (κ1) is 18.4. The molecule has 0 aromatic rings. The molecule has 4 N–H and O–H groups in total. The molecule has 0 heterocycles. The zero-order valence-corrected chi connectivity index (χ0v) is 13.2. The number of hydrogen-bond acceptors (Lipinski definition) is 2. The molecule has 2 heteroatoms. The van der Waals surface area contributed by atoms with Crippen molar-refractivity contribution < 1.29 is 0 Å². The maximum absolute atomic E-state index is 5.60. The van der Waals surface area contributed by atoms with Gasteiger partial charge in [-0.3, -0.25) is 0 Å². The second-order valence-electron chi connectivity index (χ2n) is 5.68. The van der Waals surface area contributed by atoms with E-state index < -0.39 is 0 Å². The molecule has 0 fully saturated rings. The van der Waals surface area contributed by atoms with Crippen LogP contribution < -0.4 is 11.5 Å². The molecular weight excluding hydrogens is 232 g/mol. The van der Waals surface area contributed by atoms with Gasteiger partial charge in [0.05, 0.1) is 0 Å². The smallest absolute Gasteiger partial charge is 0.00424 e. The molecule has 0 spiro atoms. The van der Waals surface area contributed by atoms with Gasteiger partial charge >= 0.3 is 0 Å². The fraction of sp³-hybridized carbons (Fsp3) is 0.765. The van der Waals surface area contributed by atoms with Gasteiger partial charge in [-0.2, -0.15) is 0 Å². The number of allylic oxidation sites excluding steroid dienone is 3. The molecule has 0 bridgehead atoms. The molecule has 0 aromatic heterocycles. The van der Waals surface area contributed by atoms with Gasteiger partial charge in [0, 0.05) is 0 Å². The van der Waals surface area contributed by atoms with Gasteiger partial charge in [-0.05, 0) is 57.0 Å². The van der Waals surface area contributed by atoms with Gasteiger partial charge in [0.2, 0.25) is 0 Å². The summed E-state index contributed by atoms with van der Waals surface area (Å²) < 4.78 is 0. The summed E-state index contributed by atoms with van der Waals surface area (Å²) >= 11 is 0. The predicted octanol–water partition coefficient (Wildman–Crippen LogP) is 4.02. The summed E-state index contributed by atoms with van der Waals surface area (Å²) in [7, 11) is 0. The summed E-state index contributed by atoms with van der Waals surface area (Å²) in [5.74, 6) is 1.43. The van der Waals surface area contributed by atoms with E-state index in [4.69, 9.17) is 11.5 Å². The first-order valence-corrected chi connectivity index (χ1v) is 7.91. The Morgan fingerprint density at radius 2 is 1.84 bits per heavy atom. The quantitative estimate of drug-likeness (QED) is 0.555. The standard InChI is InChI=1S/C17H34N2/c1-4-15(2)9-11-17(8-6-14-19)12-10-16(3)7-5-13-18/h8,10,12,15-16H,4-7,9,11,13-14,18-19H2,1-3H3/b12-10-,17-8-. The SMILES string of the molecule is CCC(C)CCC(/C=C\C(C)CCCN)=C/CCN. The molecule has 0 aromatic carbocycles. The Morgan fingerprint density at radius 1 is 1.11 bits per heavy atom. The van der Waals surface area contributed by atoms with Crippen LogP contribution in [0.3, 0.4) is 0 Å². The highest BCUT2D eigenvalue weighted by Crippen LogP contribution is 2.17. The van der Waals surface area contributed by atoms with E-state index in [1.807, 2.05) is 0 Å². The highest BCUT2D eigenvalue weighted by molar-refractivity contribution is 5.19. The highest BCUT2D eigenvalue weighted by atomic mass is 14.5. The summed E-state index contributed by atoms with van der Waals surface area (Å²) in [6, 6.07) is 0. The average Bonchev–Trinajstić information content (AvgIpc) is 2.43. The minimum absolute atomic E-state index is 0.619. The van der Waals surface area contributed by atoms with Gasteiger partial charge in [-0.15, -0.1) is 0 Å². The van der Waals surface area contributed by atoms with Crippen molar-refractivity contribution in [3.8, 4) is 0 Å². The predicted molar refractivity (Wildman–Crippen MR) is 87.0 cm³/mol. The first-order valence-electron chi connectivity index (χ1n) is 7.91. The van der Waals surface area contributed by atoms with Crippen molar-refractivity contribution in [1.82, 2.24) is 0 Å². The van der Waals surface area contributed by atoms with Gasteiger partial charge in [0.25, 0.3) is 0 Å². The third-order valence-electron chi connectivity index (χ3n) is 3.70. The van der Waals surface area contributed by atoms with E-state index >= 15 is 0 Å². The molecule has 0 saturated heterocycles. The zero-order chi connectivity index (χ0) is 14.5. The van der Waals surface area contributed by atoms with Crippen LogP contribution in [0.25, 0.3) is 0 Å². The van der Waals surface area contributed by atoms with Crippen molar-refractivity contribution >= 4 is 0 Å². The van der Waals surface area contributed by atoms with Gasteiger partial charge in [0.1, 0.15) is 0 Å². The lowest BCUT2D eigenvalue weighted by Gasteiger charge is -2.10. The minimum atomic E-state index is 0.619. The topological polar surface area (TPSA) is 52.0 Å². The van der Waals surface area contributed by atoms with E-state index in [9.17, 15) is 0 Å². The van der Waals surface area contributed by atoms with Crippen LogP contribution in [0.2, 0.25) is 0 Å². The van der Waals surface area contributed by atoms with Crippen LogP contribution in [-0.2, 0) is 0 Å². The second-order valence-corrected chi connectivity index (χ2v) is 5.68. The minimum Gasteiger partial charge on any atom is -0.330 e. The summed E-state index contributed by atoms with van der Waals surface area (Å²) in [5, 5.41) is 0. The number of nitrogens with two attached hydrogens (primary N) is 2. The highest BCUT2D eigenvalue weighted by Gasteiger charge is 2.01. The molecule has 19 heavy (non-hydrogen) atoms. The zero-order valence-electron chi connectivity index (χ0n) is 13.2. The Labute approximate surface area is 120 Å². The van der Waals surface area contributed by atoms with E-state index in [1.54, 1.807) is 0 Å². The van der Waals surface area contributed by atoms with Crippen molar-refractivity contribution in [3.05, 3.63) is 23.8 Å². The fourth-order valence-electron chi connectivity index (χ4n) is 1.96. The summed E-state index contributed by atoms with van der Waals surface area (Å²) in [6.45, 7) is 8.39. The van der Waals surface area contributed by atoms with Crippen LogP contribution in [-0.4, -0.2) is 13.1 Å². The Kier molecular flexibility index (Phi) is 12.0. The van der Waals surface area contributed by atoms with E-state index in [0.717, 1.165) is 31.8 Å². The molecule has 2 atom stereocenters. The normalized spacial score (nSPS) is 15.9. The lowest BCUT2D eigenvalue weighted by atomic mass is 9.96. The number of rotatable bonds is 11. The fourth-order valence-corrected chi connectivity index (χ4v) is 1.96. The van der Waals surface area contributed by atoms with E-state index in [2.05, 4.69) is 39.0 Å². The van der Waals surface area contributed by atoms with E-state index in [0.29, 0.717) is 5.92 Å². The average molecular weight is 266 g/mol. The molecule has 0 saturated carbocycles. The van der Waals surface area contributed by atoms with Crippen molar-refractivity contribution in [2.75, 3.05) is 13.1 Å². The molecule has 0 aliphatic heterocycles. The maximum atomic E-state index is 5.60. The summed E-state index contributed by atoms with van der Waals surface area (Å²) in [4.78, 5) is 0. The summed E-state index contributed by atoms with van der Waals surface area (Å²) in [6.07, 6.45) is 13.9. The maximum Gasteiger partial charge on any atom is -0.00424 e. The number of hydrogen-bond donors (Lipinski definition) is 2. The van der Waals surface area contributed by atoms with Gasteiger partial charge < -0.3 is 11.5 Å². The van der Waals surface area contributed by atoms with Crippen LogP contribution in [0.1, 0.15) is 59.3 Å². The lowest BCUT2D eigenvalue weighted by molar-refractivity contribution is 0.517. The molecule has 0 aliphatic rings. The molecule has 2 unspecified atom stereocenters. The Morgan fingerprint density at radius 3 is 2.42 bits per heavy atom. The van der Waals surface area contributed by atoms with Gasteiger partial charge in [-0.1, -0.05) is 51.0 Å². The van der Waals surface area contributed by atoms with Gasteiger partial charge in [0.15, 0.2) is 0 Å². The molecule has 0 aliphatic carbocycles. The molecular formula is C17H34N2. The largest absolute Gasteiger partial charge is 0.330 e. The molecule has 0 rings (SSSR count). The van der Waals surface area contributed by atoms with Crippen molar-refractivity contribution in [3.63, 3.8) is 0 Å². The Balaban J connectivity index is 4.29. The Bertz CT molecular complexity index is 256. The first-order chi connectivity index (χ1) is 9.13. The van der Waals surface area contributed by atoms with E-state index in [1.165, 1.54) is 31.3 Å². The van der Waals surface area contributed by atoms with Crippen molar-refractivity contribution in [2.24, 2.45) is 23.3 Å². The van der Waals surface area contributed by atoms with Crippen molar-refractivity contribution in [1.29, 1.82) is 0 Å². The van der Waals surface area contributed by atoms with Crippen LogP contribution in [0.15, 0.2) is 23.8 Å². The summed E-state index contributed by atoms with van der Waals surface area (Å²) in [5.41, 5.74) is 12.6. The van der Waals surface area contributed by atoms with E-state index in [-0.39, 0.29) is 0 Å². The second kappa shape index (κ2) is 12.4. The van der Waals surface area contributed by atoms with Gasteiger partial charge in [-0.25, -0.2) is 0 Å². The van der Waals surface area contributed by atoms with Crippen molar-refractivity contribution in [2.45, 2.75) is 59.3 Å². The van der Waals surface area contributed by atoms with Crippen LogP contribution >= 0.6 is 0 Å². The Hall–Kier alpha value is -0.600.